The third-order valence-electron chi connectivity index (χ3n) is 7.26. The lowest BCUT2D eigenvalue weighted by Crippen LogP contribution is -2.50. The number of methoxy groups -OCH3 is 1. The number of amidine groups is 1. The van der Waals surface area contributed by atoms with Crippen LogP contribution in [0, 0.1) is 0 Å². The molecule has 1 amide bonds. The van der Waals surface area contributed by atoms with E-state index in [1.807, 2.05) is 47.1 Å². The van der Waals surface area contributed by atoms with Crippen LogP contribution >= 0.6 is 0 Å². The number of nitrogens with zero attached hydrogens (tertiary/aromatic N) is 5. The van der Waals surface area contributed by atoms with Crippen molar-refractivity contribution >= 4 is 23.9 Å². The van der Waals surface area contributed by atoms with Crippen molar-refractivity contribution in [2.75, 3.05) is 33.4 Å². The summed E-state index contributed by atoms with van der Waals surface area (Å²) in [6.45, 7) is 3.93. The second kappa shape index (κ2) is 12.3. The molecule has 212 valence electrons. The second-order valence-electron chi connectivity index (χ2n) is 10.0. The number of nitrogens with one attached hydrogen (secondary N) is 3. The van der Waals surface area contributed by atoms with E-state index in [1.54, 1.807) is 13.3 Å². The van der Waals surface area contributed by atoms with Crippen molar-refractivity contribution in [2.45, 2.75) is 44.9 Å². The molecule has 40 heavy (non-hydrogen) atoms. The lowest BCUT2D eigenvalue weighted by molar-refractivity contribution is 0.0937. The van der Waals surface area contributed by atoms with Gasteiger partial charge in [-0.1, -0.05) is 6.08 Å². The number of dihydropyridines is 1. The van der Waals surface area contributed by atoms with Crippen molar-refractivity contribution in [3.63, 3.8) is 0 Å². The fraction of sp³-hybridized carbons (Fsp3) is 0.429. The highest BCUT2D eigenvalue weighted by Gasteiger charge is 2.27. The third-order valence-corrected chi connectivity index (χ3v) is 7.26. The average Bonchev–Trinajstić information content (AvgIpc) is 2.96. The van der Waals surface area contributed by atoms with Crippen molar-refractivity contribution in [1.82, 2.24) is 25.8 Å². The lowest BCUT2D eigenvalue weighted by Gasteiger charge is -2.34. The van der Waals surface area contributed by atoms with E-state index in [0.29, 0.717) is 35.3 Å². The van der Waals surface area contributed by atoms with Crippen LogP contribution in [0.15, 0.2) is 63.3 Å². The number of aliphatic hydroxyl groups is 1. The largest absolute Gasteiger partial charge is 0.496 e. The molecule has 1 aromatic carbocycles. The zero-order chi connectivity index (χ0) is 28.1. The molecule has 0 bridgehead atoms. The molecule has 1 aromatic rings. The first-order valence-electron chi connectivity index (χ1n) is 13.5. The Morgan fingerprint density at radius 3 is 2.98 bits per heavy atom. The predicted molar refractivity (Wildman–Crippen MR) is 152 cm³/mol. The van der Waals surface area contributed by atoms with Gasteiger partial charge in [0, 0.05) is 32.0 Å². The molecule has 11 nitrogen and oxygen atoms in total. The van der Waals surface area contributed by atoms with Gasteiger partial charge < -0.3 is 35.6 Å². The number of guanidine groups is 1. The maximum absolute atomic E-state index is 13.5. The van der Waals surface area contributed by atoms with Gasteiger partial charge in [-0.15, -0.1) is 5.10 Å². The van der Waals surface area contributed by atoms with Gasteiger partial charge in [-0.2, -0.15) is 5.10 Å². The normalized spacial score (nSPS) is 23.4. The summed E-state index contributed by atoms with van der Waals surface area (Å²) in [7, 11) is 1.55. The van der Waals surface area contributed by atoms with Crippen LogP contribution in [0.3, 0.4) is 0 Å². The molecular weight excluding hydrogens is 515 g/mol. The van der Waals surface area contributed by atoms with E-state index < -0.39 is 6.17 Å². The highest BCUT2D eigenvalue weighted by Crippen LogP contribution is 2.28. The highest BCUT2D eigenvalue weighted by molar-refractivity contribution is 6.00. The van der Waals surface area contributed by atoms with E-state index in [0.717, 1.165) is 43.5 Å². The van der Waals surface area contributed by atoms with E-state index in [1.165, 1.54) is 6.20 Å². The number of benzene rings is 1. The number of aliphatic imine (C=N–C) groups is 1. The number of amides is 1. The Morgan fingerprint density at radius 1 is 1.32 bits per heavy atom. The standard InChI is InChI=1S/C28H35FN8O3/c1-18(17-38)37-10-4-3-9-32-35-26(37)23-6-5-7-25(33-23)34-27(39)22-12-20-16-36(28-30-14-21(29)15-31-28)11-8-19(20)13-24(22)40-2/h5-7,9,12-14,18,25,33,38H,3-4,8,10-11,15-17H2,1-2H3,(H,30,31)(H,34,39)/b32-9+,35-26-/t18-,25?/m1/s1. The number of carbonyl (C=O) groups is 1. The Morgan fingerprint density at radius 2 is 2.20 bits per heavy atom. The van der Waals surface area contributed by atoms with Gasteiger partial charge in [0.05, 0.1) is 37.6 Å². The lowest BCUT2D eigenvalue weighted by atomic mass is 9.96. The van der Waals surface area contributed by atoms with E-state index in [-0.39, 0.29) is 30.9 Å². The summed E-state index contributed by atoms with van der Waals surface area (Å²) in [6.07, 6.45) is 10.7. The number of hydrogen-bond acceptors (Lipinski definition) is 10. The Hall–Kier alpha value is -4.19. The fourth-order valence-corrected chi connectivity index (χ4v) is 5.06. The zero-order valence-electron chi connectivity index (χ0n) is 22.7. The summed E-state index contributed by atoms with van der Waals surface area (Å²) >= 11 is 0. The van der Waals surface area contributed by atoms with Crippen LogP contribution in [0.2, 0.25) is 0 Å². The Bertz CT molecular complexity index is 1320. The van der Waals surface area contributed by atoms with E-state index in [9.17, 15) is 14.3 Å². The zero-order valence-corrected chi connectivity index (χ0v) is 22.7. The first-order chi connectivity index (χ1) is 19.5. The molecule has 5 rings (SSSR count). The van der Waals surface area contributed by atoms with Crippen LogP contribution in [0.5, 0.6) is 5.75 Å². The average molecular weight is 551 g/mol. The number of aliphatic hydroxyl groups excluding tert-OH is 1. The minimum Gasteiger partial charge on any atom is -0.496 e. The predicted octanol–water partition coefficient (Wildman–Crippen LogP) is 1.78. The van der Waals surface area contributed by atoms with Gasteiger partial charge in [-0.3, -0.25) is 4.79 Å². The summed E-state index contributed by atoms with van der Waals surface area (Å²) in [5, 5.41) is 27.7. The van der Waals surface area contributed by atoms with Crippen LogP contribution in [0.4, 0.5) is 4.39 Å². The fourth-order valence-electron chi connectivity index (χ4n) is 5.06. The maximum atomic E-state index is 13.5. The van der Waals surface area contributed by atoms with Crippen molar-refractivity contribution in [2.24, 2.45) is 15.2 Å². The molecule has 0 radical (unpaired) electrons. The van der Waals surface area contributed by atoms with Gasteiger partial charge >= 0.3 is 0 Å². The van der Waals surface area contributed by atoms with Crippen LogP contribution in [0.25, 0.3) is 0 Å². The van der Waals surface area contributed by atoms with Crippen LogP contribution in [-0.2, 0) is 13.0 Å². The minimum atomic E-state index is -0.504. The number of hydrogen-bond donors (Lipinski definition) is 4. The van der Waals surface area contributed by atoms with Gasteiger partial charge in [0.15, 0.2) is 11.8 Å². The summed E-state index contributed by atoms with van der Waals surface area (Å²) < 4.78 is 19.0. The third kappa shape index (κ3) is 6.01. The number of carbonyl (C=O) groups excluding carboxylic acids is 1. The van der Waals surface area contributed by atoms with Gasteiger partial charge in [-0.25, -0.2) is 9.38 Å². The molecule has 0 saturated carbocycles. The van der Waals surface area contributed by atoms with E-state index in [4.69, 9.17) is 4.74 Å². The van der Waals surface area contributed by atoms with Crippen molar-refractivity contribution in [3.05, 3.63) is 64.8 Å². The molecule has 0 fully saturated rings. The first-order valence-corrected chi connectivity index (χ1v) is 13.5. The summed E-state index contributed by atoms with van der Waals surface area (Å²) in [6, 6.07) is 3.64. The smallest absolute Gasteiger partial charge is 0.256 e. The molecule has 0 saturated heterocycles. The monoisotopic (exact) mass is 550 g/mol. The van der Waals surface area contributed by atoms with Crippen molar-refractivity contribution in [1.29, 1.82) is 0 Å². The molecule has 4 N–H and O–H groups in total. The Balaban J connectivity index is 1.31. The first kappa shape index (κ1) is 27.4. The molecule has 0 spiro atoms. The molecule has 0 aromatic heterocycles. The van der Waals surface area contributed by atoms with Gasteiger partial charge in [0.1, 0.15) is 17.7 Å². The number of ether oxygens (including phenoxy) is 1. The molecule has 2 atom stereocenters. The SMILES string of the molecule is COc1cc2c(cc1C(=O)NC1C=CC=C(/C3=N/N=C/CCCN3[C@H](C)CO)N1)CN(C1=NCC(F)=CN1)CC2. The van der Waals surface area contributed by atoms with Gasteiger partial charge in [-0.05, 0) is 61.6 Å². The van der Waals surface area contributed by atoms with Crippen LogP contribution in [0.1, 0.15) is 41.3 Å². The Kier molecular flexibility index (Phi) is 8.44. The maximum Gasteiger partial charge on any atom is 0.256 e. The molecule has 1 unspecified atom stereocenters. The molecular formula is C28H35FN8O3. The molecule has 4 aliphatic heterocycles. The highest BCUT2D eigenvalue weighted by atomic mass is 19.1. The number of rotatable bonds is 6. The Labute approximate surface area is 232 Å². The van der Waals surface area contributed by atoms with Crippen molar-refractivity contribution in [3.8, 4) is 5.75 Å². The topological polar surface area (TPSA) is 126 Å². The summed E-state index contributed by atoms with van der Waals surface area (Å²) in [5.74, 6) is 1.13. The van der Waals surface area contributed by atoms with E-state index >= 15 is 0 Å². The van der Waals surface area contributed by atoms with Crippen LogP contribution < -0.4 is 20.7 Å². The molecule has 4 heterocycles. The molecule has 12 heteroatoms. The minimum absolute atomic E-state index is 0.0153. The molecule has 0 aliphatic carbocycles. The second-order valence-corrected chi connectivity index (χ2v) is 10.0. The quantitative estimate of drug-likeness (QED) is 0.426. The van der Waals surface area contributed by atoms with Crippen molar-refractivity contribution < 1.29 is 19.0 Å². The van der Waals surface area contributed by atoms with Crippen LogP contribution in [-0.4, -0.2) is 84.4 Å². The summed E-state index contributed by atoms with van der Waals surface area (Å²) in [4.78, 5) is 21.9. The number of allylic oxidation sites excluding steroid dienone is 2. The summed E-state index contributed by atoms with van der Waals surface area (Å²) in [5.41, 5.74) is 3.21. The number of halogens is 1. The van der Waals surface area contributed by atoms with Gasteiger partial charge in [0.25, 0.3) is 5.91 Å². The molecule has 4 aliphatic rings. The van der Waals surface area contributed by atoms with Gasteiger partial charge in [0.2, 0.25) is 0 Å². The van der Waals surface area contributed by atoms with E-state index in [2.05, 4.69) is 31.1 Å². The number of fused-ring (bicyclic) bond motifs is 1.